The molecule has 0 unspecified atom stereocenters. The van der Waals surface area contributed by atoms with Crippen molar-refractivity contribution in [2.75, 3.05) is 23.7 Å². The maximum absolute atomic E-state index is 14.0. The van der Waals surface area contributed by atoms with Crippen LogP contribution >= 0.6 is 39.7 Å². The molecule has 1 saturated heterocycles. The number of benzene rings is 2. The number of halogens is 3. The van der Waals surface area contributed by atoms with E-state index in [2.05, 4.69) is 31.3 Å². The SMILES string of the molecule is CC(C)(C)[Si](C)(C)Oc1c(NC(=S)Nc2cccc(F)c2Br)ccc(Cl)c1S(=O)(=O)NC(=O)C1CC[NH+]([O-])CC1. The average molecular weight is 696 g/mol. The molecule has 0 saturated carbocycles. The number of sulfonamides is 1. The van der Waals surface area contributed by atoms with Gasteiger partial charge < -0.3 is 25.3 Å². The van der Waals surface area contributed by atoms with Gasteiger partial charge >= 0.3 is 0 Å². The lowest BCUT2D eigenvalue weighted by atomic mass is 9.97. The van der Waals surface area contributed by atoms with Crippen LogP contribution in [0, 0.1) is 16.9 Å². The number of hydroxylamine groups is 2. The van der Waals surface area contributed by atoms with E-state index >= 15 is 0 Å². The van der Waals surface area contributed by atoms with Gasteiger partial charge in [-0.2, -0.15) is 0 Å². The number of thiocarbonyl (C=S) groups is 1. The topological polar surface area (TPSA) is 124 Å². The zero-order valence-corrected chi connectivity index (χ0v) is 27.8. The molecule has 1 amide bonds. The van der Waals surface area contributed by atoms with Crippen LogP contribution in [0.4, 0.5) is 15.8 Å². The van der Waals surface area contributed by atoms with Crippen molar-refractivity contribution in [1.29, 1.82) is 0 Å². The van der Waals surface area contributed by atoms with Gasteiger partial charge in [0.05, 0.1) is 34.0 Å². The lowest BCUT2D eigenvalue weighted by Gasteiger charge is -2.37. The molecule has 4 N–H and O–H groups in total. The quantitative estimate of drug-likeness (QED) is 0.181. The third-order valence-corrected chi connectivity index (χ3v) is 14.3. The van der Waals surface area contributed by atoms with E-state index in [0.717, 1.165) is 0 Å². The first-order valence-electron chi connectivity index (χ1n) is 12.5. The number of hydrogen-bond acceptors (Lipinski definition) is 6. The Morgan fingerprint density at radius 2 is 1.77 bits per heavy atom. The standard InChI is InChI=1S/C25H33BrClFN4O5S2Si/c1-25(2,3)40(4,5)37-21-19(30-24(38)29-18-8-6-7-17(28)20(18)26)10-9-16(27)22(21)39(35,36)31-23(33)15-11-13-32(34)14-12-15/h6-10,15,32H,11-14H2,1-5H3,(H,31,33)(H2,29,30,38). The van der Waals surface area contributed by atoms with Crippen molar-refractivity contribution in [3.8, 4) is 5.75 Å². The minimum atomic E-state index is -4.51. The van der Waals surface area contributed by atoms with Crippen LogP contribution in [0.25, 0.3) is 0 Å². The van der Waals surface area contributed by atoms with Gasteiger partial charge in [0.1, 0.15) is 16.5 Å². The maximum atomic E-state index is 14.0. The number of hydrogen-bond donors (Lipinski definition) is 4. The first kappa shape index (κ1) is 32.7. The molecule has 40 heavy (non-hydrogen) atoms. The molecule has 0 atom stereocenters. The Bertz CT molecular complexity index is 1400. The fourth-order valence-corrected chi connectivity index (χ4v) is 7.14. The molecule has 0 bridgehead atoms. The number of amides is 1. The Kier molecular flexibility index (Phi) is 10.3. The molecule has 0 aromatic heterocycles. The largest absolute Gasteiger partial charge is 0.634 e. The number of anilines is 2. The first-order chi connectivity index (χ1) is 18.4. The molecule has 2 aromatic rings. The minimum absolute atomic E-state index is 0.0351. The molecule has 1 aliphatic heterocycles. The monoisotopic (exact) mass is 694 g/mol. The van der Waals surface area contributed by atoms with E-state index in [0.29, 0.717) is 5.69 Å². The molecule has 220 valence electrons. The fraction of sp³-hybridized carbons (Fsp3) is 0.440. The maximum Gasteiger partial charge on any atom is 0.269 e. The molecule has 0 spiro atoms. The summed E-state index contributed by atoms with van der Waals surface area (Å²) in [6, 6.07) is 7.29. The van der Waals surface area contributed by atoms with E-state index in [4.69, 9.17) is 28.2 Å². The van der Waals surface area contributed by atoms with Gasteiger partial charge in [-0.15, -0.1) is 0 Å². The Balaban J connectivity index is 2.03. The van der Waals surface area contributed by atoms with E-state index in [1.807, 2.05) is 33.9 Å². The highest BCUT2D eigenvalue weighted by atomic mass is 79.9. The molecule has 0 aliphatic carbocycles. The Morgan fingerprint density at radius 3 is 2.38 bits per heavy atom. The van der Waals surface area contributed by atoms with E-state index in [-0.39, 0.29) is 62.1 Å². The number of nitrogens with one attached hydrogen (secondary N) is 4. The number of piperidine rings is 1. The lowest BCUT2D eigenvalue weighted by Crippen LogP contribution is -3.08. The van der Waals surface area contributed by atoms with Gasteiger partial charge in [0.2, 0.25) is 5.91 Å². The smallest absolute Gasteiger partial charge is 0.269 e. The van der Waals surface area contributed by atoms with E-state index < -0.39 is 40.9 Å². The van der Waals surface area contributed by atoms with E-state index in [9.17, 15) is 22.8 Å². The summed E-state index contributed by atoms with van der Waals surface area (Å²) in [5.41, 5.74) is 0.541. The zero-order chi connectivity index (χ0) is 30.0. The predicted octanol–water partition coefficient (Wildman–Crippen LogP) is 5.03. The predicted molar refractivity (Wildman–Crippen MR) is 165 cm³/mol. The summed E-state index contributed by atoms with van der Waals surface area (Å²) >= 11 is 15.1. The van der Waals surface area contributed by atoms with Crippen LogP contribution in [0.15, 0.2) is 39.7 Å². The van der Waals surface area contributed by atoms with Gasteiger partial charge in [-0.3, -0.25) is 4.79 Å². The van der Waals surface area contributed by atoms with Gasteiger partial charge in [0.15, 0.2) is 5.11 Å². The van der Waals surface area contributed by atoms with E-state index in [1.54, 1.807) is 6.07 Å². The Hall–Kier alpha value is -1.81. The molecule has 2 aromatic carbocycles. The van der Waals surface area contributed by atoms with Crippen LogP contribution in [-0.4, -0.2) is 40.8 Å². The van der Waals surface area contributed by atoms with Crippen molar-refractivity contribution in [1.82, 2.24) is 4.72 Å². The molecular formula is C25H33BrClFN4O5S2Si. The van der Waals surface area contributed by atoms with Crippen LogP contribution in [0.3, 0.4) is 0 Å². The third kappa shape index (κ3) is 7.72. The first-order valence-corrected chi connectivity index (χ1v) is 18.5. The molecule has 3 rings (SSSR count). The van der Waals surface area contributed by atoms with Crippen LogP contribution < -0.4 is 24.8 Å². The zero-order valence-electron chi connectivity index (χ0n) is 22.8. The summed E-state index contributed by atoms with van der Waals surface area (Å²) in [7, 11) is -7.18. The molecule has 1 heterocycles. The van der Waals surface area contributed by atoms with Crippen molar-refractivity contribution in [2.45, 2.75) is 56.6 Å². The van der Waals surface area contributed by atoms with Gasteiger partial charge in [-0.25, -0.2) is 17.5 Å². The molecule has 1 aliphatic rings. The normalized spacial score (nSPS) is 18.1. The number of carbonyl (C=O) groups excluding carboxylic acids is 1. The van der Waals surface area contributed by atoms with Gasteiger partial charge in [-0.05, 0) is 70.5 Å². The Labute approximate surface area is 254 Å². The summed E-state index contributed by atoms with van der Waals surface area (Å²) in [5, 5.41) is 17.0. The van der Waals surface area contributed by atoms with Gasteiger partial charge in [-0.1, -0.05) is 38.4 Å². The molecular weight excluding hydrogens is 663 g/mol. The molecule has 15 heteroatoms. The van der Waals surface area contributed by atoms with Crippen molar-refractivity contribution in [3.05, 3.63) is 50.9 Å². The van der Waals surface area contributed by atoms with Crippen LogP contribution in [-0.2, 0) is 14.8 Å². The average Bonchev–Trinajstić information content (AvgIpc) is 2.83. The number of rotatable bonds is 7. The highest BCUT2D eigenvalue weighted by Crippen LogP contribution is 2.44. The van der Waals surface area contributed by atoms with Crippen molar-refractivity contribution >= 4 is 80.5 Å². The second kappa shape index (κ2) is 12.6. The molecule has 9 nitrogen and oxygen atoms in total. The van der Waals surface area contributed by atoms with Gasteiger partial charge in [0, 0.05) is 18.8 Å². The number of carbonyl (C=O) groups is 1. The summed E-state index contributed by atoms with van der Waals surface area (Å²) in [5.74, 6) is -1.89. The number of quaternary nitrogens is 1. The van der Waals surface area contributed by atoms with Crippen molar-refractivity contribution < 1.29 is 27.1 Å². The second-order valence-corrected chi connectivity index (χ2v) is 19.0. The minimum Gasteiger partial charge on any atom is -0.634 e. The van der Waals surface area contributed by atoms with Crippen LogP contribution in [0.2, 0.25) is 23.2 Å². The summed E-state index contributed by atoms with van der Waals surface area (Å²) in [6.07, 6.45) is 0.552. The van der Waals surface area contributed by atoms with Crippen molar-refractivity contribution in [3.63, 3.8) is 0 Å². The van der Waals surface area contributed by atoms with Crippen molar-refractivity contribution in [2.24, 2.45) is 5.92 Å². The third-order valence-electron chi connectivity index (χ3n) is 7.09. The van der Waals surface area contributed by atoms with E-state index in [1.165, 1.54) is 24.3 Å². The molecule has 1 fully saturated rings. The highest BCUT2D eigenvalue weighted by molar-refractivity contribution is 9.10. The summed E-state index contributed by atoms with van der Waals surface area (Å²) < 4.78 is 50.1. The lowest BCUT2D eigenvalue weighted by molar-refractivity contribution is -0.854. The van der Waals surface area contributed by atoms with Crippen LogP contribution in [0.5, 0.6) is 5.75 Å². The summed E-state index contributed by atoms with van der Waals surface area (Å²) in [4.78, 5) is 12.5. The Morgan fingerprint density at radius 1 is 1.18 bits per heavy atom. The van der Waals surface area contributed by atoms with Gasteiger partial charge in [0.25, 0.3) is 18.3 Å². The molecule has 0 radical (unpaired) electrons. The van der Waals surface area contributed by atoms with Crippen LogP contribution in [0.1, 0.15) is 33.6 Å². The summed E-state index contributed by atoms with van der Waals surface area (Å²) in [6.45, 7) is 10.3. The highest BCUT2D eigenvalue weighted by Gasteiger charge is 2.42. The second-order valence-electron chi connectivity index (χ2n) is 11.1. The fourth-order valence-electron chi connectivity index (χ4n) is 3.74.